The predicted molar refractivity (Wildman–Crippen MR) is 78.4 cm³/mol. The first-order chi connectivity index (χ1) is 8.80. The smallest absolute Gasteiger partial charge is 0.224 e. The Morgan fingerprint density at radius 2 is 1.84 bits per heavy atom. The Bertz CT molecular complexity index is 404. The zero-order chi connectivity index (χ0) is 14.5. The van der Waals surface area contributed by atoms with E-state index in [1.165, 1.54) is 0 Å². The minimum absolute atomic E-state index is 0.0684. The average Bonchev–Trinajstić information content (AvgIpc) is 2.29. The highest BCUT2D eigenvalue weighted by Gasteiger charge is 2.12. The van der Waals surface area contributed by atoms with Crippen LogP contribution in [0.1, 0.15) is 46.6 Å². The summed E-state index contributed by atoms with van der Waals surface area (Å²) >= 11 is 0. The Hall–Kier alpha value is -1.51. The number of hydrogen-bond donors (Lipinski definition) is 1. The third kappa shape index (κ3) is 6.27. The van der Waals surface area contributed by atoms with E-state index < -0.39 is 0 Å². The Kier molecular flexibility index (Phi) is 5.40. The molecule has 1 unspecified atom stereocenters. The van der Waals surface area contributed by atoms with E-state index in [-0.39, 0.29) is 17.6 Å². The van der Waals surface area contributed by atoms with Crippen molar-refractivity contribution in [1.29, 1.82) is 0 Å². The molecule has 1 rings (SSSR count). The fraction of sp³-hybridized carbons (Fsp3) is 0.562. The van der Waals surface area contributed by atoms with Gasteiger partial charge in [-0.3, -0.25) is 4.79 Å². The molecule has 1 N–H and O–H groups in total. The highest BCUT2D eigenvalue weighted by Crippen LogP contribution is 2.18. The van der Waals surface area contributed by atoms with E-state index in [1.807, 2.05) is 52.0 Å². The van der Waals surface area contributed by atoms with Crippen molar-refractivity contribution in [2.75, 3.05) is 0 Å². The van der Waals surface area contributed by atoms with Crippen molar-refractivity contribution in [3.8, 4) is 5.75 Å². The Balaban J connectivity index is 2.55. The van der Waals surface area contributed by atoms with Gasteiger partial charge in [-0.05, 0) is 51.8 Å². The lowest BCUT2D eigenvalue weighted by Crippen LogP contribution is -2.33. The summed E-state index contributed by atoms with van der Waals surface area (Å²) in [6.45, 7) is 10.1. The number of amides is 1. The largest absolute Gasteiger partial charge is 0.488 e. The van der Waals surface area contributed by atoms with Crippen LogP contribution < -0.4 is 10.1 Å². The highest BCUT2D eigenvalue weighted by atomic mass is 16.5. The summed E-state index contributed by atoms with van der Waals surface area (Å²) in [5.41, 5.74) is 0.803. The molecule has 0 saturated carbocycles. The molecule has 1 atom stereocenters. The molecule has 3 heteroatoms. The summed E-state index contributed by atoms with van der Waals surface area (Å²) in [4.78, 5) is 11.8. The summed E-state index contributed by atoms with van der Waals surface area (Å²) in [7, 11) is 0. The normalized spacial score (nSPS) is 12.9. The summed E-state index contributed by atoms with van der Waals surface area (Å²) in [5.74, 6) is 0.900. The average molecular weight is 263 g/mol. The maximum atomic E-state index is 11.8. The van der Waals surface area contributed by atoms with Gasteiger partial charge < -0.3 is 10.1 Å². The van der Waals surface area contributed by atoms with Crippen LogP contribution in [0, 0.1) is 0 Å². The molecule has 0 aliphatic rings. The SMILES string of the molecule is CCC(C)NC(=O)Cc1ccc(OC(C)(C)C)cc1. The lowest BCUT2D eigenvalue weighted by atomic mass is 10.1. The maximum Gasteiger partial charge on any atom is 0.224 e. The van der Waals surface area contributed by atoms with Gasteiger partial charge in [-0.25, -0.2) is 0 Å². The number of ether oxygens (including phenoxy) is 1. The van der Waals surface area contributed by atoms with Gasteiger partial charge in [-0.2, -0.15) is 0 Å². The topological polar surface area (TPSA) is 38.3 Å². The van der Waals surface area contributed by atoms with Crippen LogP contribution >= 0.6 is 0 Å². The van der Waals surface area contributed by atoms with Gasteiger partial charge in [-0.1, -0.05) is 19.1 Å². The van der Waals surface area contributed by atoms with Crippen molar-refractivity contribution in [2.45, 2.75) is 59.1 Å². The first kappa shape index (κ1) is 15.5. The predicted octanol–water partition coefficient (Wildman–Crippen LogP) is 3.32. The zero-order valence-electron chi connectivity index (χ0n) is 12.6. The van der Waals surface area contributed by atoms with Crippen LogP contribution in [0.4, 0.5) is 0 Å². The molecule has 1 amide bonds. The fourth-order valence-corrected chi connectivity index (χ4v) is 1.64. The molecule has 0 spiro atoms. The summed E-state index contributed by atoms with van der Waals surface area (Å²) in [5, 5.41) is 2.96. The molecule has 0 saturated heterocycles. The quantitative estimate of drug-likeness (QED) is 0.885. The van der Waals surface area contributed by atoms with Gasteiger partial charge in [0.1, 0.15) is 11.4 Å². The van der Waals surface area contributed by atoms with Crippen LogP contribution in [0.3, 0.4) is 0 Å². The Morgan fingerprint density at radius 3 is 2.32 bits per heavy atom. The van der Waals surface area contributed by atoms with Crippen LogP contribution in [-0.2, 0) is 11.2 Å². The first-order valence-corrected chi connectivity index (χ1v) is 6.87. The molecule has 106 valence electrons. The molecule has 0 aliphatic carbocycles. The second kappa shape index (κ2) is 6.60. The molecule has 0 radical (unpaired) electrons. The van der Waals surface area contributed by atoms with E-state index in [2.05, 4.69) is 12.2 Å². The lowest BCUT2D eigenvalue weighted by Gasteiger charge is -2.21. The molecular weight excluding hydrogens is 238 g/mol. The second-order valence-electron chi connectivity index (χ2n) is 5.91. The highest BCUT2D eigenvalue weighted by molar-refractivity contribution is 5.78. The maximum absolute atomic E-state index is 11.8. The molecule has 0 fully saturated rings. The van der Waals surface area contributed by atoms with Gasteiger partial charge in [0.05, 0.1) is 6.42 Å². The number of hydrogen-bond acceptors (Lipinski definition) is 2. The van der Waals surface area contributed by atoms with E-state index in [1.54, 1.807) is 0 Å². The third-order valence-corrected chi connectivity index (χ3v) is 2.73. The number of benzene rings is 1. The van der Waals surface area contributed by atoms with Gasteiger partial charge >= 0.3 is 0 Å². The van der Waals surface area contributed by atoms with Crippen LogP contribution in [0.2, 0.25) is 0 Å². The van der Waals surface area contributed by atoms with Gasteiger partial charge in [-0.15, -0.1) is 0 Å². The van der Waals surface area contributed by atoms with Crippen LogP contribution in [0.15, 0.2) is 24.3 Å². The molecule has 0 heterocycles. The molecule has 1 aromatic rings. The van der Waals surface area contributed by atoms with E-state index in [9.17, 15) is 4.79 Å². The molecular formula is C16H25NO2. The van der Waals surface area contributed by atoms with E-state index >= 15 is 0 Å². The van der Waals surface area contributed by atoms with Crippen molar-refractivity contribution in [1.82, 2.24) is 5.32 Å². The minimum atomic E-state index is -0.199. The first-order valence-electron chi connectivity index (χ1n) is 6.87. The summed E-state index contributed by atoms with van der Waals surface area (Å²) in [6.07, 6.45) is 1.37. The summed E-state index contributed by atoms with van der Waals surface area (Å²) in [6, 6.07) is 7.94. The van der Waals surface area contributed by atoms with Crippen molar-refractivity contribution in [3.05, 3.63) is 29.8 Å². The van der Waals surface area contributed by atoms with Gasteiger partial charge in [0, 0.05) is 6.04 Å². The molecule has 3 nitrogen and oxygen atoms in total. The monoisotopic (exact) mass is 263 g/mol. The van der Waals surface area contributed by atoms with E-state index in [4.69, 9.17) is 4.74 Å². The third-order valence-electron chi connectivity index (χ3n) is 2.73. The molecule has 19 heavy (non-hydrogen) atoms. The molecule has 0 aromatic heterocycles. The number of carbonyl (C=O) groups is 1. The van der Waals surface area contributed by atoms with Crippen LogP contribution in [0.5, 0.6) is 5.75 Å². The van der Waals surface area contributed by atoms with Crippen molar-refractivity contribution in [3.63, 3.8) is 0 Å². The number of rotatable bonds is 5. The number of nitrogens with one attached hydrogen (secondary N) is 1. The van der Waals surface area contributed by atoms with E-state index in [0.717, 1.165) is 17.7 Å². The van der Waals surface area contributed by atoms with Crippen LogP contribution in [0.25, 0.3) is 0 Å². The second-order valence-corrected chi connectivity index (χ2v) is 5.91. The lowest BCUT2D eigenvalue weighted by molar-refractivity contribution is -0.121. The van der Waals surface area contributed by atoms with Gasteiger partial charge in [0.25, 0.3) is 0 Å². The molecule has 1 aromatic carbocycles. The molecule has 0 bridgehead atoms. The van der Waals surface area contributed by atoms with Gasteiger partial charge in [0.2, 0.25) is 5.91 Å². The Morgan fingerprint density at radius 1 is 1.26 bits per heavy atom. The molecule has 0 aliphatic heterocycles. The van der Waals surface area contributed by atoms with Crippen molar-refractivity contribution in [2.24, 2.45) is 0 Å². The minimum Gasteiger partial charge on any atom is -0.488 e. The fourth-order valence-electron chi connectivity index (χ4n) is 1.64. The van der Waals surface area contributed by atoms with Crippen molar-refractivity contribution < 1.29 is 9.53 Å². The summed E-state index contributed by atoms with van der Waals surface area (Å²) < 4.78 is 5.74. The number of carbonyl (C=O) groups excluding carboxylic acids is 1. The zero-order valence-corrected chi connectivity index (χ0v) is 12.6. The van der Waals surface area contributed by atoms with Gasteiger partial charge in [0.15, 0.2) is 0 Å². The Labute approximate surface area is 116 Å². The standard InChI is InChI=1S/C16H25NO2/c1-6-12(2)17-15(18)11-13-7-9-14(10-8-13)19-16(3,4)5/h7-10,12H,6,11H2,1-5H3,(H,17,18). The van der Waals surface area contributed by atoms with E-state index in [0.29, 0.717) is 6.42 Å². The van der Waals surface area contributed by atoms with Crippen molar-refractivity contribution >= 4 is 5.91 Å². The van der Waals surface area contributed by atoms with Crippen LogP contribution in [-0.4, -0.2) is 17.6 Å².